The van der Waals surface area contributed by atoms with Crippen LogP contribution in [0.4, 0.5) is 0 Å². The van der Waals surface area contributed by atoms with Crippen LogP contribution in [-0.2, 0) is 9.47 Å². The lowest BCUT2D eigenvalue weighted by Crippen LogP contribution is -2.23. The van der Waals surface area contributed by atoms with Crippen molar-refractivity contribution in [3.05, 3.63) is 0 Å². The van der Waals surface area contributed by atoms with Crippen molar-refractivity contribution in [3.63, 3.8) is 0 Å². The molecule has 1 aliphatic rings. The minimum absolute atomic E-state index is 0.411. The van der Waals surface area contributed by atoms with Gasteiger partial charge in [0, 0.05) is 19.8 Å². The van der Waals surface area contributed by atoms with Crippen molar-refractivity contribution in [1.29, 1.82) is 0 Å². The van der Waals surface area contributed by atoms with E-state index in [1.165, 1.54) is 0 Å². The monoisotopic (exact) mass is 217 g/mol. The van der Waals surface area contributed by atoms with E-state index in [0.29, 0.717) is 11.1 Å². The molecule has 82 valence electrons. The molecule has 14 heavy (non-hydrogen) atoms. The summed E-state index contributed by atoms with van der Waals surface area (Å²) >= 11 is 4.79. The normalized spacial score (nSPS) is 18.3. The molecule has 1 heterocycles. The molecule has 0 amide bonds. The number of ether oxygens (including phenoxy) is 2. The predicted octanol–water partition coefficient (Wildman–Crippen LogP) is 1.64. The highest BCUT2D eigenvalue weighted by Crippen LogP contribution is 2.11. The Morgan fingerprint density at radius 1 is 1.36 bits per heavy atom. The second-order valence-electron chi connectivity index (χ2n) is 3.61. The molecule has 0 aromatic heterocycles. The lowest BCUT2D eigenvalue weighted by Gasteiger charge is -2.22. The van der Waals surface area contributed by atoms with Crippen molar-refractivity contribution in [2.24, 2.45) is 5.73 Å². The number of rotatable bonds is 6. The maximum Gasteiger partial charge on any atom is 0.0727 e. The second-order valence-corrected chi connectivity index (χ2v) is 4.13. The Morgan fingerprint density at radius 2 is 2.07 bits per heavy atom. The lowest BCUT2D eigenvalue weighted by molar-refractivity contribution is -0.0325. The highest BCUT2D eigenvalue weighted by Gasteiger charge is 2.13. The topological polar surface area (TPSA) is 44.5 Å². The third-order valence-corrected chi connectivity index (χ3v) is 2.54. The Bertz CT molecular complexity index is 170. The molecule has 2 N–H and O–H groups in total. The fourth-order valence-electron chi connectivity index (χ4n) is 1.49. The van der Waals surface area contributed by atoms with Gasteiger partial charge >= 0.3 is 0 Å². The van der Waals surface area contributed by atoms with E-state index < -0.39 is 0 Å². The van der Waals surface area contributed by atoms with E-state index in [1.807, 2.05) is 0 Å². The standard InChI is InChI=1S/C10H19NO2S/c11-10(14)3-1-2-6-13-9-4-7-12-8-5-9/h9H,1-8H2,(H2,11,14). The molecular weight excluding hydrogens is 198 g/mol. The third kappa shape index (κ3) is 5.52. The van der Waals surface area contributed by atoms with Crippen molar-refractivity contribution < 1.29 is 9.47 Å². The first kappa shape index (κ1) is 11.9. The van der Waals surface area contributed by atoms with Crippen LogP contribution < -0.4 is 5.73 Å². The van der Waals surface area contributed by atoms with Gasteiger partial charge in [-0.05, 0) is 32.1 Å². The summed E-state index contributed by atoms with van der Waals surface area (Å²) in [7, 11) is 0. The molecule has 0 bridgehead atoms. The molecule has 0 atom stereocenters. The van der Waals surface area contributed by atoms with Crippen LogP contribution in [0.5, 0.6) is 0 Å². The van der Waals surface area contributed by atoms with Gasteiger partial charge in [0.2, 0.25) is 0 Å². The van der Waals surface area contributed by atoms with Gasteiger partial charge in [0.1, 0.15) is 0 Å². The molecule has 1 rings (SSSR count). The molecule has 0 aliphatic carbocycles. The number of nitrogens with two attached hydrogens (primary N) is 1. The summed E-state index contributed by atoms with van der Waals surface area (Å²) in [6.45, 7) is 2.52. The lowest BCUT2D eigenvalue weighted by atomic mass is 10.1. The zero-order chi connectivity index (χ0) is 10.2. The van der Waals surface area contributed by atoms with Gasteiger partial charge in [-0.1, -0.05) is 12.2 Å². The number of unbranched alkanes of at least 4 members (excludes halogenated alkanes) is 1. The van der Waals surface area contributed by atoms with E-state index in [9.17, 15) is 0 Å². The molecule has 0 spiro atoms. The molecule has 0 radical (unpaired) electrons. The summed E-state index contributed by atoms with van der Waals surface area (Å²) in [5, 5.41) is 0. The molecule has 0 saturated carbocycles. The quantitative estimate of drug-likeness (QED) is 0.542. The van der Waals surface area contributed by atoms with Gasteiger partial charge in [-0.2, -0.15) is 0 Å². The highest BCUT2D eigenvalue weighted by atomic mass is 32.1. The first-order chi connectivity index (χ1) is 6.79. The van der Waals surface area contributed by atoms with E-state index in [-0.39, 0.29) is 0 Å². The summed E-state index contributed by atoms with van der Waals surface area (Å²) in [4.78, 5) is 0.607. The Balaban J connectivity index is 1.90. The van der Waals surface area contributed by atoms with Crippen LogP contribution in [0.25, 0.3) is 0 Å². The van der Waals surface area contributed by atoms with Gasteiger partial charge in [-0.3, -0.25) is 0 Å². The van der Waals surface area contributed by atoms with E-state index in [2.05, 4.69) is 0 Å². The number of hydrogen-bond donors (Lipinski definition) is 1. The maximum atomic E-state index is 5.70. The van der Waals surface area contributed by atoms with Crippen LogP contribution >= 0.6 is 12.2 Å². The minimum atomic E-state index is 0.411. The summed E-state index contributed by atoms with van der Waals surface area (Å²) in [6.07, 6.45) is 5.42. The Kier molecular flexibility index (Phi) is 6.07. The number of thiocarbonyl (C=S) groups is 1. The zero-order valence-electron chi connectivity index (χ0n) is 8.54. The molecule has 0 unspecified atom stereocenters. The minimum Gasteiger partial charge on any atom is -0.393 e. The first-order valence-corrected chi connectivity index (χ1v) is 5.67. The molecule has 3 nitrogen and oxygen atoms in total. The van der Waals surface area contributed by atoms with Crippen LogP contribution in [0.3, 0.4) is 0 Å². The molecule has 1 fully saturated rings. The van der Waals surface area contributed by atoms with Crippen LogP contribution in [-0.4, -0.2) is 30.9 Å². The number of hydrogen-bond acceptors (Lipinski definition) is 3. The van der Waals surface area contributed by atoms with Crippen LogP contribution in [0.1, 0.15) is 32.1 Å². The van der Waals surface area contributed by atoms with E-state index in [4.69, 9.17) is 27.4 Å². The Morgan fingerprint density at radius 3 is 2.71 bits per heavy atom. The SMILES string of the molecule is NC(=S)CCCCOC1CCOCC1. The molecule has 1 aliphatic heterocycles. The zero-order valence-corrected chi connectivity index (χ0v) is 9.35. The fraction of sp³-hybridized carbons (Fsp3) is 0.900. The van der Waals surface area contributed by atoms with Crippen LogP contribution in [0, 0.1) is 0 Å². The highest BCUT2D eigenvalue weighted by molar-refractivity contribution is 7.80. The molecule has 0 aromatic carbocycles. The Labute approximate surface area is 90.9 Å². The Hall–Kier alpha value is -0.190. The average Bonchev–Trinajstić information content (AvgIpc) is 2.18. The van der Waals surface area contributed by atoms with Gasteiger partial charge in [0.25, 0.3) is 0 Å². The van der Waals surface area contributed by atoms with Gasteiger partial charge in [0.05, 0.1) is 11.1 Å². The summed E-state index contributed by atoms with van der Waals surface area (Å²) < 4.78 is 10.9. The van der Waals surface area contributed by atoms with Gasteiger partial charge in [-0.25, -0.2) is 0 Å². The van der Waals surface area contributed by atoms with E-state index in [1.54, 1.807) is 0 Å². The first-order valence-electron chi connectivity index (χ1n) is 5.26. The molecule has 4 heteroatoms. The van der Waals surface area contributed by atoms with Crippen molar-refractivity contribution in [3.8, 4) is 0 Å². The van der Waals surface area contributed by atoms with Crippen molar-refractivity contribution >= 4 is 17.2 Å². The summed E-state index contributed by atoms with van der Waals surface area (Å²) in [5.41, 5.74) is 5.39. The fourth-order valence-corrected chi connectivity index (χ4v) is 1.64. The van der Waals surface area contributed by atoms with E-state index >= 15 is 0 Å². The predicted molar refractivity (Wildman–Crippen MR) is 60.4 cm³/mol. The summed E-state index contributed by atoms with van der Waals surface area (Å²) in [6, 6.07) is 0. The average molecular weight is 217 g/mol. The van der Waals surface area contributed by atoms with Crippen molar-refractivity contribution in [1.82, 2.24) is 0 Å². The van der Waals surface area contributed by atoms with Gasteiger partial charge < -0.3 is 15.2 Å². The molecule has 1 saturated heterocycles. The van der Waals surface area contributed by atoms with E-state index in [0.717, 1.165) is 51.9 Å². The second kappa shape index (κ2) is 7.15. The van der Waals surface area contributed by atoms with Crippen molar-refractivity contribution in [2.45, 2.75) is 38.2 Å². The van der Waals surface area contributed by atoms with Crippen molar-refractivity contribution in [2.75, 3.05) is 19.8 Å². The molecule has 0 aromatic rings. The summed E-state index contributed by atoms with van der Waals surface area (Å²) in [5.74, 6) is 0. The third-order valence-electron chi connectivity index (χ3n) is 2.34. The maximum absolute atomic E-state index is 5.70. The van der Waals surface area contributed by atoms with Crippen LogP contribution in [0.15, 0.2) is 0 Å². The smallest absolute Gasteiger partial charge is 0.0727 e. The van der Waals surface area contributed by atoms with Gasteiger partial charge in [0.15, 0.2) is 0 Å². The van der Waals surface area contributed by atoms with Gasteiger partial charge in [-0.15, -0.1) is 0 Å². The van der Waals surface area contributed by atoms with Crippen LogP contribution in [0.2, 0.25) is 0 Å². The largest absolute Gasteiger partial charge is 0.393 e. The molecular formula is C10H19NO2S.